The summed E-state index contributed by atoms with van der Waals surface area (Å²) in [6.45, 7) is 3.47. The van der Waals surface area contributed by atoms with Gasteiger partial charge in [-0.15, -0.1) is 0 Å². The van der Waals surface area contributed by atoms with Crippen LogP contribution in [0.1, 0.15) is 43.0 Å². The van der Waals surface area contributed by atoms with Crippen molar-refractivity contribution in [2.24, 2.45) is 17.6 Å². The Morgan fingerprint density at radius 2 is 1.77 bits per heavy atom. The van der Waals surface area contributed by atoms with Crippen LogP contribution in [0.3, 0.4) is 0 Å². The molecule has 3 N–H and O–H groups in total. The van der Waals surface area contributed by atoms with Crippen molar-refractivity contribution in [2.75, 3.05) is 25.0 Å². The number of carboxylic acid groups (broad SMARTS) is 1. The zero-order valence-electron chi connectivity index (χ0n) is 17.6. The first-order chi connectivity index (χ1) is 14.4. The van der Waals surface area contributed by atoms with Crippen LogP contribution in [0.15, 0.2) is 24.3 Å². The topological polar surface area (TPSA) is 104 Å². The molecule has 2 atom stereocenters. The first-order valence-electron chi connectivity index (χ1n) is 10.1. The molecule has 1 aromatic carbocycles. The van der Waals surface area contributed by atoms with Gasteiger partial charge in [-0.1, -0.05) is 12.1 Å². The van der Waals surface area contributed by atoms with Crippen molar-refractivity contribution in [3.8, 4) is 0 Å². The van der Waals surface area contributed by atoms with Crippen molar-refractivity contribution in [2.45, 2.75) is 44.8 Å². The lowest BCUT2D eigenvalue weighted by atomic mass is 9.91. The number of aliphatic carboxylic acids is 1. The maximum Gasteiger partial charge on any atom is 0.490 e. The van der Waals surface area contributed by atoms with Gasteiger partial charge in [-0.05, 0) is 50.7 Å². The number of hydrogen-bond acceptors (Lipinski definition) is 4. The van der Waals surface area contributed by atoms with Gasteiger partial charge in [0, 0.05) is 32.1 Å². The Bertz CT molecular complexity index is 809. The molecule has 7 nitrogen and oxygen atoms in total. The van der Waals surface area contributed by atoms with Crippen molar-refractivity contribution in [1.82, 2.24) is 4.90 Å². The van der Waals surface area contributed by atoms with Gasteiger partial charge in [0.15, 0.2) is 0 Å². The minimum atomic E-state index is -5.08. The lowest BCUT2D eigenvalue weighted by Gasteiger charge is -2.35. The number of benzene rings is 1. The van der Waals surface area contributed by atoms with E-state index in [2.05, 4.69) is 0 Å². The maximum atomic E-state index is 13.0. The van der Waals surface area contributed by atoms with Crippen LogP contribution in [0.5, 0.6) is 0 Å². The van der Waals surface area contributed by atoms with Gasteiger partial charge < -0.3 is 20.6 Å². The lowest BCUT2D eigenvalue weighted by Crippen LogP contribution is -2.45. The van der Waals surface area contributed by atoms with E-state index in [1.54, 1.807) is 11.9 Å². The van der Waals surface area contributed by atoms with Crippen molar-refractivity contribution in [3.63, 3.8) is 0 Å². The Morgan fingerprint density at radius 3 is 2.29 bits per heavy atom. The van der Waals surface area contributed by atoms with Crippen molar-refractivity contribution in [3.05, 3.63) is 29.8 Å². The molecule has 0 spiro atoms. The molecular weight excluding hydrogens is 415 g/mol. The molecule has 0 aromatic heterocycles. The third-order valence-corrected chi connectivity index (χ3v) is 5.48. The highest BCUT2D eigenvalue weighted by atomic mass is 19.4. The first-order valence-corrected chi connectivity index (χ1v) is 10.1. The Balaban J connectivity index is 0.000000423. The lowest BCUT2D eigenvalue weighted by molar-refractivity contribution is -0.192. The smallest absolute Gasteiger partial charge is 0.475 e. The summed E-state index contributed by atoms with van der Waals surface area (Å²) in [4.78, 5) is 37.9. The Morgan fingerprint density at radius 1 is 1.19 bits per heavy atom. The largest absolute Gasteiger partial charge is 0.490 e. The Labute approximate surface area is 179 Å². The SMILES string of the molecule is CC(N)C1CCCN(C(=O)c2ccccc2N(C)C(=O)C2CC2)C1.O=C(O)C(F)(F)F. The quantitative estimate of drug-likeness (QED) is 0.745. The second-order valence-corrected chi connectivity index (χ2v) is 8.00. The van der Waals surface area contributed by atoms with Gasteiger partial charge in [0.2, 0.25) is 5.91 Å². The molecule has 2 amide bonds. The number of hydrogen-bond donors (Lipinski definition) is 2. The van der Waals surface area contributed by atoms with E-state index in [1.807, 2.05) is 36.1 Å². The fourth-order valence-corrected chi connectivity index (χ4v) is 3.46. The predicted molar refractivity (Wildman–Crippen MR) is 109 cm³/mol. The summed E-state index contributed by atoms with van der Waals surface area (Å²) in [7, 11) is 1.77. The summed E-state index contributed by atoms with van der Waals surface area (Å²) in [5.74, 6) is -2.16. The normalized spacial score (nSPS) is 19.7. The van der Waals surface area contributed by atoms with E-state index in [-0.39, 0.29) is 23.8 Å². The van der Waals surface area contributed by atoms with E-state index in [0.29, 0.717) is 23.7 Å². The van der Waals surface area contributed by atoms with Crippen LogP contribution in [0.4, 0.5) is 18.9 Å². The van der Waals surface area contributed by atoms with Crippen LogP contribution >= 0.6 is 0 Å². The van der Waals surface area contributed by atoms with Crippen molar-refractivity contribution < 1.29 is 32.7 Å². The van der Waals surface area contributed by atoms with Crippen LogP contribution in [-0.2, 0) is 9.59 Å². The van der Waals surface area contributed by atoms with Gasteiger partial charge in [-0.3, -0.25) is 9.59 Å². The van der Waals surface area contributed by atoms with Crippen LogP contribution < -0.4 is 10.6 Å². The van der Waals surface area contributed by atoms with E-state index in [1.165, 1.54) is 0 Å². The number of rotatable bonds is 4. The van der Waals surface area contributed by atoms with Crippen LogP contribution in [0, 0.1) is 11.8 Å². The molecule has 0 bridgehead atoms. The van der Waals surface area contributed by atoms with Gasteiger partial charge in [-0.2, -0.15) is 13.2 Å². The first kappa shape index (κ1) is 24.6. The number of halogens is 3. The number of piperidine rings is 1. The average molecular weight is 443 g/mol. The molecule has 2 fully saturated rings. The zero-order chi connectivity index (χ0) is 23.3. The molecule has 2 unspecified atom stereocenters. The van der Waals surface area contributed by atoms with Crippen molar-refractivity contribution >= 4 is 23.5 Å². The summed E-state index contributed by atoms with van der Waals surface area (Å²) in [6.07, 6.45) is -1.11. The van der Waals surface area contributed by atoms with E-state index < -0.39 is 12.1 Å². The number of carbonyl (C=O) groups excluding carboxylic acids is 2. The number of anilines is 1. The van der Waals surface area contributed by atoms with Crippen LogP contribution in [0.2, 0.25) is 0 Å². The number of nitrogens with zero attached hydrogens (tertiary/aromatic N) is 2. The van der Waals surface area contributed by atoms with Gasteiger partial charge in [-0.25, -0.2) is 4.79 Å². The Kier molecular flexibility index (Phi) is 8.05. The molecule has 10 heteroatoms. The fourth-order valence-electron chi connectivity index (χ4n) is 3.46. The number of likely N-dealkylation sites (tertiary alicyclic amines) is 1. The highest BCUT2D eigenvalue weighted by Crippen LogP contribution is 2.33. The number of para-hydroxylation sites is 1. The zero-order valence-corrected chi connectivity index (χ0v) is 17.6. The van der Waals surface area contributed by atoms with Gasteiger partial charge in [0.1, 0.15) is 0 Å². The molecule has 1 heterocycles. The third kappa shape index (κ3) is 6.68. The summed E-state index contributed by atoms with van der Waals surface area (Å²) >= 11 is 0. The van der Waals surface area contributed by atoms with E-state index in [4.69, 9.17) is 15.6 Å². The van der Waals surface area contributed by atoms with E-state index in [9.17, 15) is 22.8 Å². The summed E-state index contributed by atoms with van der Waals surface area (Å²) in [6, 6.07) is 7.52. The minimum Gasteiger partial charge on any atom is -0.475 e. The standard InChI is InChI=1S/C19H27N3O2.C2HF3O2/c1-13(20)15-6-5-11-22(12-15)19(24)16-7-3-4-8-17(16)21(2)18(23)14-9-10-14;3-2(4,5)1(6)7/h3-4,7-8,13-15H,5-6,9-12,20H2,1-2H3;(H,6,7). The monoisotopic (exact) mass is 443 g/mol. The van der Waals surface area contributed by atoms with E-state index >= 15 is 0 Å². The van der Waals surface area contributed by atoms with Crippen LogP contribution in [0.25, 0.3) is 0 Å². The highest BCUT2D eigenvalue weighted by Gasteiger charge is 2.38. The number of carbonyl (C=O) groups is 3. The average Bonchev–Trinajstić information content (AvgIpc) is 3.57. The molecule has 3 rings (SSSR count). The van der Waals surface area contributed by atoms with E-state index in [0.717, 1.165) is 32.2 Å². The number of carboxylic acids is 1. The number of nitrogens with two attached hydrogens (primary N) is 1. The fraction of sp³-hybridized carbons (Fsp3) is 0.571. The molecule has 1 saturated heterocycles. The van der Waals surface area contributed by atoms with Gasteiger partial charge in [0.25, 0.3) is 5.91 Å². The maximum absolute atomic E-state index is 13.0. The molecular formula is C21H28F3N3O4. The number of amides is 2. The minimum absolute atomic E-state index is 0.00592. The second kappa shape index (κ2) is 10.1. The molecule has 1 aromatic rings. The molecule has 2 aliphatic rings. The summed E-state index contributed by atoms with van der Waals surface area (Å²) in [5.41, 5.74) is 7.36. The predicted octanol–water partition coefficient (Wildman–Crippen LogP) is 2.89. The second-order valence-electron chi connectivity index (χ2n) is 8.00. The Hall–Kier alpha value is -2.62. The third-order valence-electron chi connectivity index (χ3n) is 5.48. The molecule has 31 heavy (non-hydrogen) atoms. The van der Waals surface area contributed by atoms with Crippen molar-refractivity contribution in [1.29, 1.82) is 0 Å². The number of alkyl halides is 3. The molecule has 1 saturated carbocycles. The van der Waals surface area contributed by atoms with Gasteiger partial charge >= 0.3 is 12.1 Å². The summed E-state index contributed by atoms with van der Waals surface area (Å²) < 4.78 is 31.7. The van der Waals surface area contributed by atoms with Crippen LogP contribution in [-0.4, -0.2) is 60.1 Å². The molecule has 172 valence electrons. The molecule has 1 aliphatic carbocycles. The molecule has 1 aliphatic heterocycles. The molecule has 0 radical (unpaired) electrons. The summed E-state index contributed by atoms with van der Waals surface area (Å²) in [5, 5.41) is 7.12. The van der Waals surface area contributed by atoms with Gasteiger partial charge in [0.05, 0.1) is 11.3 Å². The highest BCUT2D eigenvalue weighted by molar-refractivity contribution is 6.05.